The number of fused-ring (bicyclic) bond motifs is 1. The normalized spacial score (nSPS) is 11.4. The van der Waals surface area contributed by atoms with E-state index < -0.39 is 0 Å². The van der Waals surface area contributed by atoms with Gasteiger partial charge in [0.25, 0.3) is 0 Å². The molecule has 0 fully saturated rings. The lowest BCUT2D eigenvalue weighted by atomic mass is 10.2. The molecule has 2 nitrogen and oxygen atoms in total. The van der Waals surface area contributed by atoms with Gasteiger partial charge in [-0.2, -0.15) is 0 Å². The smallest absolute Gasteiger partial charge is 0.134 e. The van der Waals surface area contributed by atoms with Crippen molar-refractivity contribution in [3.05, 3.63) is 36.1 Å². The molecule has 1 N–H and O–H groups in total. The van der Waals surface area contributed by atoms with Gasteiger partial charge in [-0.1, -0.05) is 32.0 Å². The van der Waals surface area contributed by atoms with Gasteiger partial charge < -0.3 is 9.73 Å². The third kappa shape index (κ3) is 2.86. The van der Waals surface area contributed by atoms with E-state index in [1.165, 1.54) is 5.39 Å². The lowest BCUT2D eigenvalue weighted by molar-refractivity contribution is 0.510. The Balaban J connectivity index is 1.89. The number of benzene rings is 1. The van der Waals surface area contributed by atoms with Crippen molar-refractivity contribution in [1.29, 1.82) is 0 Å². The van der Waals surface area contributed by atoms with Crippen LogP contribution in [0.25, 0.3) is 11.0 Å². The number of hydrogen-bond donors (Lipinski definition) is 1. The van der Waals surface area contributed by atoms with E-state index in [0.717, 1.165) is 30.9 Å². The second-order valence-electron chi connectivity index (χ2n) is 4.60. The predicted octanol–water partition coefficient (Wildman–Crippen LogP) is 3.22. The van der Waals surface area contributed by atoms with Crippen molar-refractivity contribution in [3.8, 4) is 0 Å². The van der Waals surface area contributed by atoms with Gasteiger partial charge in [0.15, 0.2) is 0 Å². The molecule has 0 amide bonds. The molecular weight excluding hydrogens is 198 g/mol. The zero-order valence-corrected chi connectivity index (χ0v) is 9.99. The van der Waals surface area contributed by atoms with E-state index in [1.54, 1.807) is 0 Å². The standard InChI is InChI=1S/C14H19NO/c1-11(2)10-15-8-7-13-9-12-5-3-4-6-14(12)16-13/h3-6,9,11,15H,7-8,10H2,1-2H3. The first-order valence-corrected chi connectivity index (χ1v) is 5.94. The Bertz CT molecular complexity index is 412. The SMILES string of the molecule is CC(C)CNCCc1cc2ccccc2o1. The largest absolute Gasteiger partial charge is 0.461 e. The van der Waals surface area contributed by atoms with Crippen LogP contribution >= 0.6 is 0 Å². The van der Waals surface area contributed by atoms with Crippen LogP contribution in [0.15, 0.2) is 34.7 Å². The highest BCUT2D eigenvalue weighted by Gasteiger charge is 2.02. The maximum Gasteiger partial charge on any atom is 0.134 e. The Labute approximate surface area is 96.6 Å². The summed E-state index contributed by atoms with van der Waals surface area (Å²) in [6, 6.07) is 10.3. The molecule has 86 valence electrons. The molecule has 1 heterocycles. The number of furan rings is 1. The third-order valence-electron chi connectivity index (χ3n) is 2.58. The first kappa shape index (κ1) is 11.2. The Morgan fingerprint density at radius 3 is 2.81 bits per heavy atom. The summed E-state index contributed by atoms with van der Waals surface area (Å²) in [4.78, 5) is 0. The summed E-state index contributed by atoms with van der Waals surface area (Å²) in [6.45, 7) is 6.49. The van der Waals surface area contributed by atoms with Crippen molar-refractivity contribution in [2.24, 2.45) is 5.92 Å². The molecule has 0 bridgehead atoms. The average molecular weight is 217 g/mol. The second kappa shape index (κ2) is 5.17. The zero-order chi connectivity index (χ0) is 11.4. The minimum absolute atomic E-state index is 0.704. The lowest BCUT2D eigenvalue weighted by Crippen LogP contribution is -2.21. The van der Waals surface area contributed by atoms with Gasteiger partial charge in [0.1, 0.15) is 11.3 Å². The van der Waals surface area contributed by atoms with Crippen molar-refractivity contribution in [2.75, 3.05) is 13.1 Å². The van der Waals surface area contributed by atoms with Crippen molar-refractivity contribution in [2.45, 2.75) is 20.3 Å². The van der Waals surface area contributed by atoms with E-state index in [4.69, 9.17) is 4.42 Å². The molecule has 0 aliphatic rings. The Morgan fingerprint density at radius 1 is 1.25 bits per heavy atom. The topological polar surface area (TPSA) is 25.2 Å². The molecule has 16 heavy (non-hydrogen) atoms. The van der Waals surface area contributed by atoms with Gasteiger partial charge in [-0.15, -0.1) is 0 Å². The van der Waals surface area contributed by atoms with Gasteiger partial charge in [0.2, 0.25) is 0 Å². The van der Waals surface area contributed by atoms with Crippen LogP contribution in [0, 0.1) is 5.92 Å². The van der Waals surface area contributed by atoms with Crippen LogP contribution in [0.4, 0.5) is 0 Å². The van der Waals surface area contributed by atoms with Crippen molar-refractivity contribution in [3.63, 3.8) is 0 Å². The van der Waals surface area contributed by atoms with Crippen molar-refractivity contribution >= 4 is 11.0 Å². The number of hydrogen-bond acceptors (Lipinski definition) is 2. The van der Waals surface area contributed by atoms with E-state index in [9.17, 15) is 0 Å². The Morgan fingerprint density at radius 2 is 2.06 bits per heavy atom. The fourth-order valence-electron chi connectivity index (χ4n) is 1.76. The van der Waals surface area contributed by atoms with Crippen LogP contribution < -0.4 is 5.32 Å². The molecule has 2 aromatic rings. The average Bonchev–Trinajstić information content (AvgIpc) is 2.66. The molecule has 1 aromatic heterocycles. The quantitative estimate of drug-likeness (QED) is 0.778. The maximum absolute atomic E-state index is 5.74. The molecule has 0 spiro atoms. The third-order valence-corrected chi connectivity index (χ3v) is 2.58. The van der Waals surface area contributed by atoms with Crippen LogP contribution in [0.3, 0.4) is 0 Å². The molecule has 0 aliphatic carbocycles. The number of para-hydroxylation sites is 1. The maximum atomic E-state index is 5.74. The van der Waals surface area contributed by atoms with Crippen LogP contribution in [0.1, 0.15) is 19.6 Å². The minimum Gasteiger partial charge on any atom is -0.461 e. The van der Waals surface area contributed by atoms with Crippen LogP contribution in [0.5, 0.6) is 0 Å². The van der Waals surface area contributed by atoms with E-state index in [1.807, 2.05) is 18.2 Å². The molecule has 0 saturated heterocycles. The molecule has 0 radical (unpaired) electrons. The molecule has 2 rings (SSSR count). The van der Waals surface area contributed by atoms with Crippen molar-refractivity contribution in [1.82, 2.24) is 5.32 Å². The van der Waals surface area contributed by atoms with Crippen molar-refractivity contribution < 1.29 is 4.42 Å². The minimum atomic E-state index is 0.704. The van der Waals surface area contributed by atoms with Crippen LogP contribution in [0.2, 0.25) is 0 Å². The Hall–Kier alpha value is -1.28. The first-order valence-electron chi connectivity index (χ1n) is 5.94. The Kier molecular flexibility index (Phi) is 3.62. The fourth-order valence-corrected chi connectivity index (χ4v) is 1.76. The van der Waals surface area contributed by atoms with Gasteiger partial charge in [-0.25, -0.2) is 0 Å². The highest BCUT2D eigenvalue weighted by atomic mass is 16.3. The summed E-state index contributed by atoms with van der Waals surface area (Å²) < 4.78 is 5.74. The van der Waals surface area contributed by atoms with E-state index in [2.05, 4.69) is 31.3 Å². The molecule has 0 unspecified atom stereocenters. The van der Waals surface area contributed by atoms with Gasteiger partial charge >= 0.3 is 0 Å². The monoisotopic (exact) mass is 217 g/mol. The molecule has 0 saturated carbocycles. The van der Waals surface area contributed by atoms with E-state index in [0.29, 0.717) is 5.92 Å². The predicted molar refractivity (Wildman–Crippen MR) is 67.6 cm³/mol. The molecule has 2 heteroatoms. The number of rotatable bonds is 5. The summed E-state index contributed by atoms with van der Waals surface area (Å²) >= 11 is 0. The molecule has 1 aromatic carbocycles. The highest BCUT2D eigenvalue weighted by Crippen LogP contribution is 2.18. The fraction of sp³-hybridized carbons (Fsp3) is 0.429. The second-order valence-corrected chi connectivity index (χ2v) is 4.60. The van der Waals surface area contributed by atoms with Gasteiger partial charge in [0.05, 0.1) is 0 Å². The molecular formula is C14H19NO. The lowest BCUT2D eigenvalue weighted by Gasteiger charge is -2.05. The summed E-state index contributed by atoms with van der Waals surface area (Å²) in [7, 11) is 0. The van der Waals surface area contributed by atoms with E-state index in [-0.39, 0.29) is 0 Å². The first-order chi connectivity index (χ1) is 7.75. The van der Waals surface area contributed by atoms with Crippen LogP contribution in [-0.4, -0.2) is 13.1 Å². The van der Waals surface area contributed by atoms with Gasteiger partial charge in [0, 0.05) is 18.4 Å². The molecule has 0 atom stereocenters. The van der Waals surface area contributed by atoms with E-state index >= 15 is 0 Å². The summed E-state index contributed by atoms with van der Waals surface area (Å²) in [5, 5.41) is 4.61. The van der Waals surface area contributed by atoms with Gasteiger partial charge in [-0.3, -0.25) is 0 Å². The summed E-state index contributed by atoms with van der Waals surface area (Å²) in [5.41, 5.74) is 0.987. The zero-order valence-electron chi connectivity index (χ0n) is 9.99. The highest BCUT2D eigenvalue weighted by molar-refractivity contribution is 5.77. The molecule has 0 aliphatic heterocycles. The summed E-state index contributed by atoms with van der Waals surface area (Å²) in [5.74, 6) is 1.77. The summed E-state index contributed by atoms with van der Waals surface area (Å²) in [6.07, 6.45) is 0.960. The van der Waals surface area contributed by atoms with Crippen LogP contribution in [-0.2, 0) is 6.42 Å². The number of nitrogens with one attached hydrogen (secondary N) is 1. The van der Waals surface area contributed by atoms with Gasteiger partial charge in [-0.05, 0) is 24.6 Å².